The van der Waals surface area contributed by atoms with Crippen LogP contribution in [0.1, 0.15) is 10.4 Å². The van der Waals surface area contributed by atoms with Gasteiger partial charge in [0.15, 0.2) is 0 Å². The van der Waals surface area contributed by atoms with Crippen LogP contribution in [-0.2, 0) is 0 Å². The molecule has 0 saturated heterocycles. The first-order valence-corrected chi connectivity index (χ1v) is 6.07. The molecule has 0 unspecified atom stereocenters. The van der Waals surface area contributed by atoms with Crippen molar-refractivity contribution in [2.75, 3.05) is 5.43 Å². The maximum atomic E-state index is 10.5. The van der Waals surface area contributed by atoms with E-state index in [1.54, 1.807) is 12.3 Å². The van der Waals surface area contributed by atoms with E-state index in [1.807, 2.05) is 31.2 Å². The molecular weight excluding hydrogens is 250 g/mol. The normalized spacial score (nSPS) is 10.7. The molecule has 6 heteroatoms. The van der Waals surface area contributed by atoms with Crippen molar-refractivity contribution in [2.45, 2.75) is 6.92 Å². The first-order valence-electron chi connectivity index (χ1n) is 5.25. The molecule has 0 radical (unpaired) electrons. The molecule has 92 valence electrons. The Hall–Kier alpha value is -2.21. The number of hydrogen-bond acceptors (Lipinski definition) is 5. The zero-order chi connectivity index (χ0) is 13.0. The first-order chi connectivity index (χ1) is 8.65. The average Bonchev–Trinajstić information content (AvgIpc) is 2.81. The minimum absolute atomic E-state index is 0.117. The van der Waals surface area contributed by atoms with Crippen LogP contribution in [0.3, 0.4) is 0 Å². The van der Waals surface area contributed by atoms with Gasteiger partial charge in [-0.15, -0.1) is 0 Å². The van der Waals surface area contributed by atoms with Gasteiger partial charge in [-0.25, -0.2) is 0 Å². The molecule has 2 aromatic rings. The van der Waals surface area contributed by atoms with E-state index in [9.17, 15) is 10.1 Å². The molecule has 1 aromatic carbocycles. The van der Waals surface area contributed by atoms with Gasteiger partial charge in [0, 0.05) is 6.07 Å². The lowest BCUT2D eigenvalue weighted by Gasteiger charge is -1.99. The summed E-state index contributed by atoms with van der Waals surface area (Å²) >= 11 is 1.09. The molecule has 1 aromatic heterocycles. The summed E-state index contributed by atoms with van der Waals surface area (Å²) in [5.41, 5.74) is 4.92. The number of hydrazone groups is 1. The highest BCUT2D eigenvalue weighted by Crippen LogP contribution is 2.22. The van der Waals surface area contributed by atoms with Crippen molar-refractivity contribution in [3.05, 3.63) is 57.0 Å². The van der Waals surface area contributed by atoms with Gasteiger partial charge in [-0.1, -0.05) is 29.0 Å². The average molecular weight is 261 g/mol. The summed E-state index contributed by atoms with van der Waals surface area (Å²) in [6.45, 7) is 2.01. The molecule has 0 aliphatic heterocycles. The molecule has 1 heterocycles. The molecule has 0 aliphatic carbocycles. The van der Waals surface area contributed by atoms with E-state index in [-0.39, 0.29) is 5.00 Å². The van der Waals surface area contributed by atoms with Gasteiger partial charge in [0.05, 0.1) is 21.7 Å². The zero-order valence-electron chi connectivity index (χ0n) is 9.66. The molecule has 18 heavy (non-hydrogen) atoms. The monoisotopic (exact) mass is 261 g/mol. The zero-order valence-corrected chi connectivity index (χ0v) is 10.5. The molecule has 0 saturated carbocycles. The number of rotatable bonds is 4. The standard InChI is InChI=1S/C12H11N3O2S/c1-9-2-4-10(5-3-9)14-13-8-11-6-7-12(18-11)15(16)17/h2-8,14H,1H3/b13-8+. The predicted octanol–water partition coefficient (Wildman–Crippen LogP) is 3.41. The quantitative estimate of drug-likeness (QED) is 0.521. The molecule has 0 fully saturated rings. The summed E-state index contributed by atoms with van der Waals surface area (Å²) in [5.74, 6) is 0. The minimum Gasteiger partial charge on any atom is -0.278 e. The van der Waals surface area contributed by atoms with Crippen molar-refractivity contribution < 1.29 is 4.92 Å². The van der Waals surface area contributed by atoms with Crippen LogP contribution in [0.25, 0.3) is 0 Å². The molecule has 0 atom stereocenters. The molecule has 0 amide bonds. The fourth-order valence-electron chi connectivity index (χ4n) is 1.31. The molecule has 0 bridgehead atoms. The molecular formula is C12H11N3O2S. The van der Waals surface area contributed by atoms with E-state index in [0.29, 0.717) is 0 Å². The van der Waals surface area contributed by atoms with Crippen LogP contribution in [-0.4, -0.2) is 11.1 Å². The van der Waals surface area contributed by atoms with Gasteiger partial charge in [0.1, 0.15) is 0 Å². The topological polar surface area (TPSA) is 67.5 Å². The molecule has 0 spiro atoms. The highest BCUT2D eigenvalue weighted by Gasteiger charge is 2.07. The van der Waals surface area contributed by atoms with Gasteiger partial charge in [0.25, 0.3) is 0 Å². The van der Waals surface area contributed by atoms with E-state index >= 15 is 0 Å². The molecule has 0 aliphatic rings. The highest BCUT2D eigenvalue weighted by molar-refractivity contribution is 7.16. The van der Waals surface area contributed by atoms with Gasteiger partial charge >= 0.3 is 5.00 Å². The lowest BCUT2D eigenvalue weighted by Crippen LogP contribution is -1.88. The Morgan fingerprint density at radius 1 is 1.28 bits per heavy atom. The van der Waals surface area contributed by atoms with Crippen LogP contribution in [0, 0.1) is 17.0 Å². The third kappa shape index (κ3) is 3.14. The van der Waals surface area contributed by atoms with Crippen molar-refractivity contribution in [3.8, 4) is 0 Å². The number of aryl methyl sites for hydroxylation is 1. The second-order valence-electron chi connectivity index (χ2n) is 3.67. The number of benzene rings is 1. The van der Waals surface area contributed by atoms with Crippen LogP contribution >= 0.6 is 11.3 Å². The first kappa shape index (κ1) is 12.3. The predicted molar refractivity (Wildman–Crippen MR) is 73.4 cm³/mol. The summed E-state index contributed by atoms with van der Waals surface area (Å²) in [4.78, 5) is 10.8. The summed E-state index contributed by atoms with van der Waals surface area (Å²) in [7, 11) is 0. The second-order valence-corrected chi connectivity index (χ2v) is 4.76. The Morgan fingerprint density at radius 2 is 2.00 bits per heavy atom. The van der Waals surface area contributed by atoms with E-state index in [1.165, 1.54) is 11.6 Å². The largest absolute Gasteiger partial charge is 0.324 e. The van der Waals surface area contributed by atoms with Crippen molar-refractivity contribution in [1.29, 1.82) is 0 Å². The number of nitrogens with one attached hydrogen (secondary N) is 1. The van der Waals surface area contributed by atoms with Gasteiger partial charge in [0.2, 0.25) is 0 Å². The van der Waals surface area contributed by atoms with Crippen molar-refractivity contribution in [2.24, 2.45) is 5.10 Å². The third-order valence-electron chi connectivity index (χ3n) is 2.23. The van der Waals surface area contributed by atoms with E-state index in [0.717, 1.165) is 21.9 Å². The third-order valence-corrected chi connectivity index (χ3v) is 3.20. The van der Waals surface area contributed by atoms with Crippen LogP contribution in [0.4, 0.5) is 10.7 Å². The Balaban J connectivity index is 1.98. The summed E-state index contributed by atoms with van der Waals surface area (Å²) in [6.07, 6.45) is 1.57. The lowest BCUT2D eigenvalue weighted by atomic mass is 10.2. The second kappa shape index (κ2) is 5.42. The molecule has 5 nitrogen and oxygen atoms in total. The summed E-state index contributed by atoms with van der Waals surface area (Å²) in [5, 5.41) is 14.6. The minimum atomic E-state index is -0.407. The number of thiophene rings is 1. The maximum absolute atomic E-state index is 10.5. The Bertz CT molecular complexity index is 575. The summed E-state index contributed by atoms with van der Waals surface area (Å²) in [6, 6.07) is 10.9. The number of nitrogens with zero attached hydrogens (tertiary/aromatic N) is 2. The van der Waals surface area contributed by atoms with Crippen LogP contribution in [0.5, 0.6) is 0 Å². The van der Waals surface area contributed by atoms with Crippen molar-refractivity contribution >= 4 is 28.2 Å². The fraction of sp³-hybridized carbons (Fsp3) is 0.0833. The summed E-state index contributed by atoms with van der Waals surface area (Å²) < 4.78 is 0. The van der Waals surface area contributed by atoms with Gasteiger partial charge < -0.3 is 0 Å². The van der Waals surface area contributed by atoms with Gasteiger partial charge in [-0.3, -0.25) is 15.5 Å². The number of hydrogen-bond donors (Lipinski definition) is 1. The number of nitro groups is 1. The van der Waals surface area contributed by atoms with Crippen LogP contribution in [0.15, 0.2) is 41.5 Å². The van der Waals surface area contributed by atoms with Crippen molar-refractivity contribution in [3.63, 3.8) is 0 Å². The molecule has 2 rings (SSSR count). The van der Waals surface area contributed by atoms with Gasteiger partial charge in [-0.2, -0.15) is 5.10 Å². The fourth-order valence-corrected chi connectivity index (χ4v) is 2.00. The van der Waals surface area contributed by atoms with E-state index in [4.69, 9.17) is 0 Å². The van der Waals surface area contributed by atoms with Gasteiger partial charge in [-0.05, 0) is 25.1 Å². The Kier molecular flexibility index (Phi) is 3.69. The highest BCUT2D eigenvalue weighted by atomic mass is 32.1. The number of anilines is 1. The lowest BCUT2D eigenvalue weighted by molar-refractivity contribution is -0.380. The maximum Gasteiger partial charge on any atom is 0.324 e. The smallest absolute Gasteiger partial charge is 0.278 e. The van der Waals surface area contributed by atoms with E-state index < -0.39 is 4.92 Å². The Labute approximate surface area is 108 Å². The van der Waals surface area contributed by atoms with E-state index in [2.05, 4.69) is 10.5 Å². The van der Waals surface area contributed by atoms with Crippen LogP contribution in [0.2, 0.25) is 0 Å². The Morgan fingerprint density at radius 3 is 2.61 bits per heavy atom. The SMILES string of the molecule is Cc1ccc(N/N=C/c2ccc([N+](=O)[O-])s2)cc1. The van der Waals surface area contributed by atoms with Crippen LogP contribution < -0.4 is 5.43 Å². The molecule has 1 N–H and O–H groups in total. The van der Waals surface area contributed by atoms with Crippen molar-refractivity contribution in [1.82, 2.24) is 0 Å².